The maximum Gasteiger partial charge on any atom is 0.330 e. The summed E-state index contributed by atoms with van der Waals surface area (Å²) in [6, 6.07) is 7.45. The molecule has 128 valence electrons. The molecule has 2 aromatic rings. The molecule has 0 amide bonds. The van der Waals surface area contributed by atoms with E-state index in [0.29, 0.717) is 29.2 Å². The average molecular weight is 332 g/mol. The fourth-order valence-corrected chi connectivity index (χ4v) is 2.38. The van der Waals surface area contributed by atoms with E-state index in [-0.39, 0.29) is 5.56 Å². The van der Waals surface area contributed by atoms with Crippen molar-refractivity contribution >= 4 is 5.97 Å². The maximum absolute atomic E-state index is 12.1. The van der Waals surface area contributed by atoms with E-state index in [0.717, 1.165) is 4.68 Å². The van der Waals surface area contributed by atoms with Gasteiger partial charge in [-0.2, -0.15) is 5.10 Å². The number of benzene rings is 1. The minimum atomic E-state index is -0.779. The fraction of sp³-hybridized carbons (Fsp3) is 0.353. The lowest BCUT2D eigenvalue weighted by molar-refractivity contribution is -0.145. The van der Waals surface area contributed by atoms with Crippen LogP contribution in [0.4, 0.5) is 0 Å². The zero-order valence-corrected chi connectivity index (χ0v) is 14.1. The van der Waals surface area contributed by atoms with Crippen molar-refractivity contribution in [3.05, 3.63) is 40.7 Å². The maximum atomic E-state index is 12.1. The molecule has 2 rings (SSSR count). The molecule has 0 unspecified atom stereocenters. The Morgan fingerprint density at radius 2 is 1.92 bits per heavy atom. The second-order valence-electron chi connectivity index (χ2n) is 5.01. The summed E-state index contributed by atoms with van der Waals surface area (Å²) < 4.78 is 16.5. The van der Waals surface area contributed by atoms with Crippen LogP contribution in [0.5, 0.6) is 11.5 Å². The van der Waals surface area contributed by atoms with Crippen molar-refractivity contribution in [2.45, 2.75) is 19.4 Å². The van der Waals surface area contributed by atoms with Crippen LogP contribution in [0.1, 0.15) is 19.4 Å². The van der Waals surface area contributed by atoms with E-state index >= 15 is 0 Å². The molecule has 0 spiro atoms. The Balaban J connectivity index is 2.60. The van der Waals surface area contributed by atoms with Crippen LogP contribution < -0.4 is 15.0 Å². The molecular weight excluding hydrogens is 312 g/mol. The lowest BCUT2D eigenvalue weighted by Gasteiger charge is -2.16. The van der Waals surface area contributed by atoms with Crippen LogP contribution in [-0.4, -0.2) is 37.1 Å². The molecule has 0 aliphatic carbocycles. The van der Waals surface area contributed by atoms with Gasteiger partial charge >= 0.3 is 5.97 Å². The fourth-order valence-electron chi connectivity index (χ4n) is 2.38. The van der Waals surface area contributed by atoms with Crippen molar-refractivity contribution in [3.8, 4) is 22.8 Å². The van der Waals surface area contributed by atoms with E-state index in [1.54, 1.807) is 45.4 Å². The number of hydrogen-bond donors (Lipinski definition) is 0. The van der Waals surface area contributed by atoms with Gasteiger partial charge in [0.2, 0.25) is 0 Å². The minimum absolute atomic E-state index is 0.377. The van der Waals surface area contributed by atoms with Crippen molar-refractivity contribution in [1.82, 2.24) is 9.78 Å². The second kappa shape index (κ2) is 7.63. The van der Waals surface area contributed by atoms with Gasteiger partial charge in [-0.05, 0) is 30.7 Å². The second-order valence-corrected chi connectivity index (χ2v) is 5.01. The number of carbonyl (C=O) groups is 1. The number of methoxy groups -OCH3 is 3. The highest BCUT2D eigenvalue weighted by atomic mass is 16.5. The topological polar surface area (TPSA) is 79.7 Å². The first kappa shape index (κ1) is 17.5. The molecule has 0 aliphatic rings. The van der Waals surface area contributed by atoms with Gasteiger partial charge in [-0.3, -0.25) is 4.79 Å². The highest BCUT2D eigenvalue weighted by Crippen LogP contribution is 2.32. The molecule has 0 radical (unpaired) electrons. The quantitative estimate of drug-likeness (QED) is 0.753. The predicted octanol–water partition coefficient (Wildman–Crippen LogP) is 2.05. The van der Waals surface area contributed by atoms with E-state index < -0.39 is 12.0 Å². The first-order valence-electron chi connectivity index (χ1n) is 7.45. The smallest absolute Gasteiger partial charge is 0.330 e. The molecule has 0 bridgehead atoms. The van der Waals surface area contributed by atoms with Crippen LogP contribution in [0.25, 0.3) is 11.3 Å². The van der Waals surface area contributed by atoms with Gasteiger partial charge in [0.1, 0.15) is 11.5 Å². The van der Waals surface area contributed by atoms with Gasteiger partial charge in [-0.1, -0.05) is 6.92 Å². The molecule has 1 heterocycles. The summed E-state index contributed by atoms with van der Waals surface area (Å²) in [6.07, 6.45) is 0.387. The van der Waals surface area contributed by atoms with Crippen LogP contribution >= 0.6 is 0 Å². The summed E-state index contributed by atoms with van der Waals surface area (Å²) in [7, 11) is 4.39. The van der Waals surface area contributed by atoms with Gasteiger partial charge in [0.15, 0.2) is 6.04 Å². The normalized spacial score (nSPS) is 11.7. The lowest BCUT2D eigenvalue weighted by Crippen LogP contribution is -2.32. The number of hydrogen-bond acceptors (Lipinski definition) is 6. The van der Waals surface area contributed by atoms with Gasteiger partial charge in [-0.25, -0.2) is 9.48 Å². The van der Waals surface area contributed by atoms with E-state index in [4.69, 9.17) is 14.2 Å². The van der Waals surface area contributed by atoms with E-state index in [1.807, 2.05) is 0 Å². The zero-order chi connectivity index (χ0) is 17.7. The third-order valence-corrected chi connectivity index (χ3v) is 3.66. The number of ether oxygens (including phenoxy) is 3. The van der Waals surface area contributed by atoms with Crippen LogP contribution in [0.15, 0.2) is 35.1 Å². The molecule has 24 heavy (non-hydrogen) atoms. The van der Waals surface area contributed by atoms with E-state index in [1.165, 1.54) is 13.2 Å². The van der Waals surface area contributed by atoms with Crippen LogP contribution in [0.2, 0.25) is 0 Å². The monoisotopic (exact) mass is 332 g/mol. The summed E-state index contributed by atoms with van der Waals surface area (Å²) in [5.41, 5.74) is 0.774. The first-order valence-corrected chi connectivity index (χ1v) is 7.45. The van der Waals surface area contributed by atoms with Crippen molar-refractivity contribution < 1.29 is 19.0 Å². The molecule has 0 saturated carbocycles. The molecule has 0 saturated heterocycles. The van der Waals surface area contributed by atoms with E-state index in [9.17, 15) is 9.59 Å². The molecule has 0 aliphatic heterocycles. The molecule has 7 heteroatoms. The van der Waals surface area contributed by atoms with Gasteiger partial charge in [0.05, 0.1) is 27.0 Å². The Labute approximate surface area is 139 Å². The van der Waals surface area contributed by atoms with Crippen molar-refractivity contribution in [1.29, 1.82) is 0 Å². The number of esters is 1. The summed E-state index contributed by atoms with van der Waals surface area (Å²) in [5.74, 6) is 0.701. The summed E-state index contributed by atoms with van der Waals surface area (Å²) in [4.78, 5) is 24.0. The summed E-state index contributed by atoms with van der Waals surface area (Å²) in [6.45, 7) is 1.79. The Morgan fingerprint density at radius 1 is 1.17 bits per heavy atom. The molecular formula is C17H20N2O5. The van der Waals surface area contributed by atoms with Crippen molar-refractivity contribution in [2.75, 3.05) is 21.3 Å². The molecule has 1 aromatic carbocycles. The SMILES string of the molecule is CC[C@@H](C(=O)OC)n1nc(-c2cc(OC)ccc2OC)ccc1=O. The largest absolute Gasteiger partial charge is 0.497 e. The minimum Gasteiger partial charge on any atom is -0.497 e. The lowest BCUT2D eigenvalue weighted by atomic mass is 10.1. The van der Waals surface area contributed by atoms with Crippen LogP contribution in [0.3, 0.4) is 0 Å². The third-order valence-electron chi connectivity index (χ3n) is 3.66. The number of carbonyl (C=O) groups excluding carboxylic acids is 1. The van der Waals surface area contributed by atoms with Crippen molar-refractivity contribution in [3.63, 3.8) is 0 Å². The molecule has 1 aromatic heterocycles. The Kier molecular flexibility index (Phi) is 5.57. The Morgan fingerprint density at radius 3 is 2.50 bits per heavy atom. The van der Waals surface area contributed by atoms with Gasteiger partial charge in [-0.15, -0.1) is 0 Å². The third kappa shape index (κ3) is 3.40. The predicted molar refractivity (Wildman–Crippen MR) is 88.4 cm³/mol. The number of nitrogens with zero attached hydrogens (tertiary/aromatic N) is 2. The zero-order valence-electron chi connectivity index (χ0n) is 14.1. The molecule has 0 N–H and O–H groups in total. The van der Waals surface area contributed by atoms with Crippen molar-refractivity contribution in [2.24, 2.45) is 0 Å². The Hall–Kier alpha value is -2.83. The number of rotatable bonds is 6. The van der Waals surface area contributed by atoms with Gasteiger partial charge in [0, 0.05) is 11.6 Å². The average Bonchev–Trinajstić information content (AvgIpc) is 2.62. The summed E-state index contributed by atoms with van der Waals surface area (Å²) in [5, 5.41) is 4.33. The van der Waals surface area contributed by atoms with Gasteiger partial charge in [0.25, 0.3) is 5.56 Å². The van der Waals surface area contributed by atoms with E-state index in [2.05, 4.69) is 5.10 Å². The highest BCUT2D eigenvalue weighted by Gasteiger charge is 2.22. The first-order chi connectivity index (χ1) is 11.5. The number of aromatic nitrogens is 2. The highest BCUT2D eigenvalue weighted by molar-refractivity contribution is 5.74. The van der Waals surface area contributed by atoms with Gasteiger partial charge < -0.3 is 14.2 Å². The Bertz CT molecular complexity index is 785. The molecule has 7 nitrogen and oxygen atoms in total. The summed E-state index contributed by atoms with van der Waals surface area (Å²) >= 11 is 0. The standard InChI is InChI=1S/C17H20N2O5/c1-5-14(17(21)24-4)19-16(20)9-7-13(18-19)12-10-11(22-2)6-8-15(12)23-3/h6-10,14H,5H2,1-4H3/t14-/m0/s1. The molecule has 0 fully saturated rings. The van der Waals surface area contributed by atoms with Crippen LogP contribution in [0, 0.1) is 0 Å². The molecule has 1 atom stereocenters. The van der Waals surface area contributed by atoms with Crippen LogP contribution in [-0.2, 0) is 9.53 Å².